The van der Waals surface area contributed by atoms with E-state index in [0.29, 0.717) is 6.54 Å². The van der Waals surface area contributed by atoms with Crippen LogP contribution in [0.4, 0.5) is 0 Å². The molecule has 4 heteroatoms. The molecule has 0 aliphatic heterocycles. The maximum Gasteiger partial charge on any atom is 0.234 e. The maximum absolute atomic E-state index is 11.1. The number of thiophene rings is 1. The molecule has 0 radical (unpaired) electrons. The molecule has 1 rings (SSSR count). The number of aryl methyl sites for hydroxylation is 1. The third-order valence-electron chi connectivity index (χ3n) is 2.33. The Labute approximate surface area is 99.6 Å². The van der Waals surface area contributed by atoms with Gasteiger partial charge in [-0.1, -0.05) is 13.8 Å². The fourth-order valence-electron chi connectivity index (χ4n) is 1.51. The number of hydrogen-bond acceptors (Lipinski definition) is 2. The van der Waals surface area contributed by atoms with Gasteiger partial charge in [-0.15, -0.1) is 22.9 Å². The van der Waals surface area contributed by atoms with Crippen molar-refractivity contribution < 1.29 is 4.79 Å². The first-order valence-electron chi connectivity index (χ1n) is 4.84. The van der Waals surface area contributed by atoms with Gasteiger partial charge in [-0.2, -0.15) is 0 Å². The summed E-state index contributed by atoms with van der Waals surface area (Å²) in [4.78, 5) is 12.4. The van der Waals surface area contributed by atoms with Gasteiger partial charge in [-0.05, 0) is 23.9 Å². The molecule has 1 aromatic heterocycles. The van der Waals surface area contributed by atoms with Crippen LogP contribution in [0.3, 0.4) is 0 Å². The summed E-state index contributed by atoms with van der Waals surface area (Å²) in [5.74, 6) is -0.0848. The predicted molar refractivity (Wildman–Crippen MR) is 65.8 cm³/mol. The van der Waals surface area contributed by atoms with Crippen molar-refractivity contribution in [2.45, 2.75) is 26.2 Å². The molecule has 1 aromatic rings. The number of carbonyl (C=O) groups excluding carboxylic acids is 1. The molecule has 1 amide bonds. The monoisotopic (exact) mass is 245 g/mol. The van der Waals surface area contributed by atoms with E-state index in [-0.39, 0.29) is 17.2 Å². The lowest BCUT2D eigenvalue weighted by Crippen LogP contribution is -2.37. The second-order valence-electron chi connectivity index (χ2n) is 4.23. The van der Waals surface area contributed by atoms with Gasteiger partial charge in [0.15, 0.2) is 0 Å². The van der Waals surface area contributed by atoms with Gasteiger partial charge in [0, 0.05) is 16.8 Å². The van der Waals surface area contributed by atoms with Crippen LogP contribution in [0.5, 0.6) is 0 Å². The first kappa shape index (κ1) is 12.5. The molecule has 0 saturated heterocycles. The summed E-state index contributed by atoms with van der Waals surface area (Å²) in [6.07, 6.45) is 0. The fraction of sp³-hybridized carbons (Fsp3) is 0.545. The molecular weight excluding hydrogens is 230 g/mol. The number of carbonyl (C=O) groups is 1. The number of halogens is 1. The Morgan fingerprint density at radius 1 is 1.60 bits per heavy atom. The van der Waals surface area contributed by atoms with Gasteiger partial charge in [0.1, 0.15) is 5.88 Å². The molecule has 84 valence electrons. The van der Waals surface area contributed by atoms with E-state index in [1.54, 1.807) is 11.3 Å². The Kier molecular flexibility index (Phi) is 4.17. The zero-order valence-electron chi connectivity index (χ0n) is 9.26. The van der Waals surface area contributed by atoms with Crippen LogP contribution in [-0.4, -0.2) is 18.3 Å². The lowest BCUT2D eigenvalue weighted by molar-refractivity contribution is -0.118. The van der Waals surface area contributed by atoms with E-state index in [0.717, 1.165) is 0 Å². The molecular formula is C11H16ClNOS. The van der Waals surface area contributed by atoms with Crippen molar-refractivity contribution in [3.8, 4) is 0 Å². The summed E-state index contributed by atoms with van der Waals surface area (Å²) in [5, 5.41) is 4.90. The van der Waals surface area contributed by atoms with Crippen LogP contribution in [0.2, 0.25) is 0 Å². The Morgan fingerprint density at radius 2 is 2.27 bits per heavy atom. The molecule has 0 saturated carbocycles. The van der Waals surface area contributed by atoms with Gasteiger partial charge in [0.05, 0.1) is 0 Å². The van der Waals surface area contributed by atoms with E-state index < -0.39 is 0 Å². The lowest BCUT2D eigenvalue weighted by atomic mass is 9.89. The molecule has 0 spiro atoms. The van der Waals surface area contributed by atoms with E-state index in [2.05, 4.69) is 37.5 Å². The van der Waals surface area contributed by atoms with Gasteiger partial charge < -0.3 is 5.32 Å². The lowest BCUT2D eigenvalue weighted by Gasteiger charge is -2.24. The van der Waals surface area contributed by atoms with Gasteiger partial charge in [0.2, 0.25) is 5.91 Å². The highest BCUT2D eigenvalue weighted by Gasteiger charge is 2.24. The average Bonchev–Trinajstić information content (AvgIpc) is 2.61. The highest BCUT2D eigenvalue weighted by molar-refractivity contribution is 7.10. The molecule has 0 fully saturated rings. The van der Waals surface area contributed by atoms with Crippen LogP contribution in [-0.2, 0) is 10.2 Å². The van der Waals surface area contributed by atoms with Crippen molar-refractivity contribution in [1.29, 1.82) is 0 Å². The fourth-order valence-corrected chi connectivity index (χ4v) is 2.66. The van der Waals surface area contributed by atoms with Gasteiger partial charge in [-0.25, -0.2) is 0 Å². The predicted octanol–water partition coefficient (Wildman–Crippen LogP) is 2.69. The Morgan fingerprint density at radius 3 is 2.73 bits per heavy atom. The van der Waals surface area contributed by atoms with Crippen LogP contribution in [0.15, 0.2) is 11.4 Å². The third kappa shape index (κ3) is 3.21. The first-order chi connectivity index (χ1) is 6.97. The smallest absolute Gasteiger partial charge is 0.234 e. The molecule has 15 heavy (non-hydrogen) atoms. The summed E-state index contributed by atoms with van der Waals surface area (Å²) in [7, 11) is 0. The molecule has 0 aliphatic carbocycles. The standard InChI is InChI=1S/C11H16ClNOS/c1-8-4-5-15-10(8)11(2,3)7-13-9(14)6-12/h4-5H,6-7H2,1-3H3,(H,13,14). The molecule has 0 atom stereocenters. The minimum absolute atomic E-state index is 0.0273. The molecule has 2 nitrogen and oxygen atoms in total. The molecule has 0 aromatic carbocycles. The largest absolute Gasteiger partial charge is 0.354 e. The second-order valence-corrected chi connectivity index (χ2v) is 5.41. The van der Waals surface area contributed by atoms with E-state index >= 15 is 0 Å². The van der Waals surface area contributed by atoms with Crippen molar-refractivity contribution in [2.75, 3.05) is 12.4 Å². The number of nitrogens with one attached hydrogen (secondary N) is 1. The number of alkyl halides is 1. The van der Waals surface area contributed by atoms with Gasteiger partial charge >= 0.3 is 0 Å². The second kappa shape index (κ2) is 4.99. The zero-order chi connectivity index (χ0) is 11.5. The van der Waals surface area contributed by atoms with E-state index in [1.807, 2.05) is 0 Å². The zero-order valence-corrected chi connectivity index (χ0v) is 10.8. The SMILES string of the molecule is Cc1ccsc1C(C)(C)CNC(=O)CCl. The van der Waals surface area contributed by atoms with Crippen LogP contribution in [0.25, 0.3) is 0 Å². The number of rotatable bonds is 4. The molecule has 0 unspecified atom stereocenters. The average molecular weight is 246 g/mol. The first-order valence-corrected chi connectivity index (χ1v) is 6.26. The number of hydrogen-bond donors (Lipinski definition) is 1. The maximum atomic E-state index is 11.1. The van der Waals surface area contributed by atoms with Crippen molar-refractivity contribution in [2.24, 2.45) is 0 Å². The topological polar surface area (TPSA) is 29.1 Å². The summed E-state index contributed by atoms with van der Waals surface area (Å²) in [6, 6.07) is 2.10. The van der Waals surface area contributed by atoms with Crippen LogP contribution in [0.1, 0.15) is 24.3 Å². The normalized spacial score (nSPS) is 11.5. The highest BCUT2D eigenvalue weighted by Crippen LogP contribution is 2.30. The minimum atomic E-state index is -0.112. The molecule has 0 bridgehead atoms. The van der Waals surface area contributed by atoms with Crippen LogP contribution < -0.4 is 5.32 Å². The number of amides is 1. The summed E-state index contributed by atoms with van der Waals surface area (Å²) < 4.78 is 0. The summed E-state index contributed by atoms with van der Waals surface area (Å²) >= 11 is 7.16. The minimum Gasteiger partial charge on any atom is -0.354 e. The van der Waals surface area contributed by atoms with Gasteiger partial charge in [0.25, 0.3) is 0 Å². The Bertz CT molecular complexity index is 346. The third-order valence-corrected chi connectivity index (χ3v) is 3.95. The molecule has 1 N–H and O–H groups in total. The van der Waals surface area contributed by atoms with Crippen molar-refractivity contribution in [3.63, 3.8) is 0 Å². The van der Waals surface area contributed by atoms with E-state index in [1.165, 1.54) is 10.4 Å². The van der Waals surface area contributed by atoms with Crippen molar-refractivity contribution >= 4 is 28.8 Å². The van der Waals surface area contributed by atoms with E-state index in [9.17, 15) is 4.79 Å². The summed E-state index contributed by atoms with van der Waals surface area (Å²) in [6.45, 7) is 6.97. The quantitative estimate of drug-likeness (QED) is 0.812. The van der Waals surface area contributed by atoms with Crippen LogP contribution in [0, 0.1) is 6.92 Å². The molecule has 1 heterocycles. The van der Waals surface area contributed by atoms with Crippen molar-refractivity contribution in [1.82, 2.24) is 5.32 Å². The summed E-state index contributed by atoms with van der Waals surface area (Å²) in [5.41, 5.74) is 1.25. The highest BCUT2D eigenvalue weighted by atomic mass is 35.5. The van der Waals surface area contributed by atoms with Crippen LogP contribution >= 0.6 is 22.9 Å². The molecule has 0 aliphatic rings. The Balaban J connectivity index is 2.67. The van der Waals surface area contributed by atoms with Gasteiger partial charge in [-0.3, -0.25) is 4.79 Å². The van der Waals surface area contributed by atoms with Crippen molar-refractivity contribution in [3.05, 3.63) is 21.9 Å². The van der Waals surface area contributed by atoms with E-state index in [4.69, 9.17) is 11.6 Å². The Hall–Kier alpha value is -0.540.